The van der Waals surface area contributed by atoms with Gasteiger partial charge in [0.15, 0.2) is 0 Å². The molecule has 1 saturated heterocycles. The van der Waals surface area contributed by atoms with Crippen molar-refractivity contribution in [1.29, 1.82) is 0 Å². The molecule has 1 fully saturated rings. The van der Waals surface area contributed by atoms with E-state index in [2.05, 4.69) is 17.0 Å². The van der Waals surface area contributed by atoms with Crippen molar-refractivity contribution in [2.75, 3.05) is 29.4 Å². The maximum absolute atomic E-state index is 13.1. The van der Waals surface area contributed by atoms with Gasteiger partial charge in [0, 0.05) is 31.0 Å². The van der Waals surface area contributed by atoms with Crippen LogP contribution in [0.25, 0.3) is 0 Å². The summed E-state index contributed by atoms with van der Waals surface area (Å²) in [4.78, 5) is 28.6. The third kappa shape index (κ3) is 2.97. The zero-order chi connectivity index (χ0) is 19.2. The second-order valence-corrected chi connectivity index (χ2v) is 8.01. The fraction of sp³-hybridized carbons (Fsp3) is 0.364. The molecule has 0 aliphatic carbocycles. The molecular weight excluding hydrogens is 340 g/mol. The molecule has 0 radical (unpaired) electrons. The lowest BCUT2D eigenvalue weighted by molar-refractivity contribution is -0.122. The third-order valence-corrected chi connectivity index (χ3v) is 5.84. The Morgan fingerprint density at radius 3 is 2.63 bits per heavy atom. The maximum atomic E-state index is 13.1. The number of hydrogen-bond donors (Lipinski definition) is 1. The van der Waals surface area contributed by atoms with Crippen LogP contribution in [0.4, 0.5) is 11.4 Å². The summed E-state index contributed by atoms with van der Waals surface area (Å²) in [6.45, 7) is 6.34. The third-order valence-electron chi connectivity index (χ3n) is 5.84. The second-order valence-electron chi connectivity index (χ2n) is 8.01. The summed E-state index contributed by atoms with van der Waals surface area (Å²) in [5.41, 5.74) is 2.48. The van der Waals surface area contributed by atoms with Gasteiger partial charge in [-0.1, -0.05) is 24.3 Å². The predicted molar refractivity (Wildman–Crippen MR) is 106 cm³/mol. The van der Waals surface area contributed by atoms with Crippen LogP contribution in [0.5, 0.6) is 0 Å². The van der Waals surface area contributed by atoms with Crippen LogP contribution in [0.1, 0.15) is 36.2 Å². The number of aromatic carboxylic acids is 1. The Bertz CT molecular complexity index is 892. The largest absolute Gasteiger partial charge is 0.478 e. The highest BCUT2D eigenvalue weighted by Crippen LogP contribution is 2.42. The van der Waals surface area contributed by atoms with Crippen molar-refractivity contribution in [2.45, 2.75) is 25.7 Å². The summed E-state index contributed by atoms with van der Waals surface area (Å²) >= 11 is 0. The van der Waals surface area contributed by atoms with Crippen LogP contribution in [-0.2, 0) is 10.2 Å². The van der Waals surface area contributed by atoms with Gasteiger partial charge in [0.25, 0.3) is 0 Å². The quantitative estimate of drug-likeness (QED) is 0.901. The Morgan fingerprint density at radius 2 is 1.93 bits per heavy atom. The number of fused-ring (bicyclic) bond motifs is 1. The molecule has 0 aromatic heterocycles. The molecule has 1 unspecified atom stereocenters. The molecule has 2 aliphatic rings. The van der Waals surface area contributed by atoms with Crippen LogP contribution < -0.4 is 9.80 Å². The normalized spacial score (nSPS) is 20.8. The highest BCUT2D eigenvalue weighted by Gasteiger charge is 2.45. The molecule has 5 heteroatoms. The van der Waals surface area contributed by atoms with Crippen molar-refractivity contribution in [2.24, 2.45) is 5.92 Å². The van der Waals surface area contributed by atoms with Crippen molar-refractivity contribution in [3.8, 4) is 0 Å². The van der Waals surface area contributed by atoms with Gasteiger partial charge in [-0.05, 0) is 56.0 Å². The molecule has 0 saturated carbocycles. The molecule has 1 atom stereocenters. The van der Waals surface area contributed by atoms with Crippen molar-refractivity contribution >= 4 is 23.3 Å². The minimum Gasteiger partial charge on any atom is -0.478 e. The first-order valence-corrected chi connectivity index (χ1v) is 9.37. The molecule has 27 heavy (non-hydrogen) atoms. The molecule has 1 amide bonds. The van der Waals surface area contributed by atoms with Crippen LogP contribution in [-0.4, -0.2) is 36.6 Å². The molecule has 140 valence electrons. The topological polar surface area (TPSA) is 60.9 Å². The number of para-hydroxylation sites is 1. The summed E-state index contributed by atoms with van der Waals surface area (Å²) in [5, 5.41) is 9.33. The van der Waals surface area contributed by atoms with Gasteiger partial charge < -0.3 is 14.9 Å². The van der Waals surface area contributed by atoms with Gasteiger partial charge in [-0.25, -0.2) is 4.79 Å². The van der Waals surface area contributed by atoms with Crippen molar-refractivity contribution in [3.05, 3.63) is 59.7 Å². The zero-order valence-corrected chi connectivity index (χ0v) is 15.7. The molecule has 2 aromatic carbocycles. The van der Waals surface area contributed by atoms with Crippen LogP contribution in [0.15, 0.2) is 48.5 Å². The Kier molecular flexibility index (Phi) is 4.17. The lowest BCUT2D eigenvalue weighted by Crippen LogP contribution is -2.39. The standard InChI is InChI=1S/C22H24N2O3/c1-22(2)18-9-8-16(20(25)26)12-19(18)24(21(22)27)14-15-10-11-23(13-15)17-6-4-3-5-7-17/h3-9,12,15H,10-11,13-14H2,1-2H3,(H,25,26). The number of carboxylic acids is 1. The Balaban J connectivity index is 1.57. The van der Waals surface area contributed by atoms with E-state index in [1.807, 2.05) is 32.0 Å². The second kappa shape index (κ2) is 6.41. The minimum atomic E-state index is -0.967. The van der Waals surface area contributed by atoms with Gasteiger partial charge in [-0.3, -0.25) is 4.79 Å². The lowest BCUT2D eigenvalue weighted by Gasteiger charge is -2.24. The van der Waals surface area contributed by atoms with Gasteiger partial charge in [0.2, 0.25) is 5.91 Å². The smallest absolute Gasteiger partial charge is 0.335 e. The average Bonchev–Trinajstić information content (AvgIpc) is 3.20. The van der Waals surface area contributed by atoms with Crippen molar-refractivity contribution in [1.82, 2.24) is 0 Å². The number of nitrogens with zero attached hydrogens (tertiary/aromatic N) is 2. The molecule has 2 heterocycles. The summed E-state index contributed by atoms with van der Waals surface area (Å²) < 4.78 is 0. The molecule has 0 bridgehead atoms. The highest BCUT2D eigenvalue weighted by molar-refractivity contribution is 6.08. The van der Waals surface area contributed by atoms with E-state index in [9.17, 15) is 14.7 Å². The predicted octanol–water partition coefficient (Wildman–Crippen LogP) is 3.54. The molecule has 2 aromatic rings. The fourth-order valence-electron chi connectivity index (χ4n) is 4.27. The Hall–Kier alpha value is -2.82. The van der Waals surface area contributed by atoms with Crippen LogP contribution in [0.2, 0.25) is 0 Å². The first-order chi connectivity index (χ1) is 12.9. The van der Waals surface area contributed by atoms with Gasteiger partial charge in [-0.2, -0.15) is 0 Å². The number of benzene rings is 2. The molecule has 1 N–H and O–H groups in total. The number of amides is 1. The van der Waals surface area contributed by atoms with E-state index in [0.717, 1.165) is 30.8 Å². The summed E-state index contributed by atoms with van der Waals surface area (Å²) in [6, 6.07) is 15.3. The van der Waals surface area contributed by atoms with Gasteiger partial charge in [-0.15, -0.1) is 0 Å². The van der Waals surface area contributed by atoms with E-state index in [1.165, 1.54) is 5.69 Å². The zero-order valence-electron chi connectivity index (χ0n) is 15.7. The molecular formula is C22H24N2O3. The summed E-state index contributed by atoms with van der Waals surface area (Å²) in [6.07, 6.45) is 1.02. The molecule has 2 aliphatic heterocycles. The van der Waals surface area contributed by atoms with Crippen LogP contribution >= 0.6 is 0 Å². The Morgan fingerprint density at radius 1 is 1.19 bits per heavy atom. The minimum absolute atomic E-state index is 0.0539. The molecule has 4 rings (SSSR count). The number of carboxylic acid groups (broad SMARTS) is 1. The van der Waals surface area contributed by atoms with E-state index < -0.39 is 11.4 Å². The van der Waals surface area contributed by atoms with Gasteiger partial charge in [0.1, 0.15) is 0 Å². The van der Waals surface area contributed by atoms with Gasteiger partial charge in [0.05, 0.1) is 11.0 Å². The van der Waals surface area contributed by atoms with E-state index in [-0.39, 0.29) is 11.5 Å². The number of carbonyl (C=O) groups excluding carboxylic acids is 1. The SMILES string of the molecule is CC1(C)C(=O)N(CC2CCN(c3ccccc3)C2)c2cc(C(=O)O)ccc21. The summed E-state index contributed by atoms with van der Waals surface area (Å²) in [7, 11) is 0. The molecule has 5 nitrogen and oxygen atoms in total. The highest BCUT2D eigenvalue weighted by atomic mass is 16.4. The number of carbonyl (C=O) groups is 2. The average molecular weight is 364 g/mol. The number of anilines is 2. The first-order valence-electron chi connectivity index (χ1n) is 9.37. The lowest BCUT2D eigenvalue weighted by atomic mass is 9.86. The number of rotatable bonds is 4. The molecule has 0 spiro atoms. The van der Waals surface area contributed by atoms with E-state index >= 15 is 0 Å². The Labute approximate surface area is 159 Å². The van der Waals surface area contributed by atoms with E-state index in [0.29, 0.717) is 12.5 Å². The first kappa shape index (κ1) is 17.6. The van der Waals surface area contributed by atoms with Crippen molar-refractivity contribution < 1.29 is 14.7 Å². The van der Waals surface area contributed by atoms with Crippen molar-refractivity contribution in [3.63, 3.8) is 0 Å². The van der Waals surface area contributed by atoms with Crippen LogP contribution in [0.3, 0.4) is 0 Å². The fourth-order valence-corrected chi connectivity index (χ4v) is 4.27. The summed E-state index contributed by atoms with van der Waals surface area (Å²) in [5.74, 6) is -0.548. The number of hydrogen-bond acceptors (Lipinski definition) is 3. The van der Waals surface area contributed by atoms with E-state index in [1.54, 1.807) is 23.1 Å². The van der Waals surface area contributed by atoms with E-state index in [4.69, 9.17) is 0 Å². The van der Waals surface area contributed by atoms with Gasteiger partial charge >= 0.3 is 5.97 Å². The van der Waals surface area contributed by atoms with Crippen LogP contribution in [0, 0.1) is 5.92 Å². The monoisotopic (exact) mass is 364 g/mol. The maximum Gasteiger partial charge on any atom is 0.335 e.